The second-order valence-corrected chi connectivity index (χ2v) is 15.0. The van der Waals surface area contributed by atoms with Crippen molar-refractivity contribution in [2.45, 2.75) is 50.4 Å². The van der Waals surface area contributed by atoms with Crippen LogP contribution in [-0.4, -0.2) is 61.8 Å². The van der Waals surface area contributed by atoms with Gasteiger partial charge in [-0.2, -0.15) is 0 Å². The fraction of sp³-hybridized carbons (Fsp3) is 0.311. The Morgan fingerprint density at radius 2 is 1.54 bits per heavy atom. The van der Waals surface area contributed by atoms with Crippen molar-refractivity contribution in [3.8, 4) is 17.2 Å². The monoisotopic (exact) mass is 794 g/mol. The van der Waals surface area contributed by atoms with E-state index in [1.807, 2.05) is 66.7 Å². The van der Waals surface area contributed by atoms with Gasteiger partial charge in [-0.1, -0.05) is 83.9 Å². The number of ether oxygens (including phenoxy) is 5. The van der Waals surface area contributed by atoms with Crippen LogP contribution in [0.4, 0.5) is 0 Å². The Labute approximate surface area is 337 Å². The topological polar surface area (TPSA) is 96.4 Å². The van der Waals surface area contributed by atoms with Gasteiger partial charge in [0.25, 0.3) is 0 Å². The highest BCUT2D eigenvalue weighted by Gasteiger charge is 2.37. The van der Waals surface area contributed by atoms with Crippen molar-refractivity contribution in [3.05, 3.63) is 153 Å². The van der Waals surface area contributed by atoms with Gasteiger partial charge in [0.05, 0.1) is 36.2 Å². The molecule has 9 nitrogen and oxygen atoms in total. The summed E-state index contributed by atoms with van der Waals surface area (Å²) < 4.78 is 29.5. The summed E-state index contributed by atoms with van der Waals surface area (Å²) in [5, 5.41) is 0.725. The number of hydrogen-bond donors (Lipinski definition) is 0. The molecule has 4 aromatic carbocycles. The molecule has 0 spiro atoms. The number of pyridine rings is 1. The van der Waals surface area contributed by atoms with Crippen LogP contribution >= 0.6 is 23.2 Å². The Hall–Kier alpha value is -5.09. The Morgan fingerprint density at radius 1 is 0.804 bits per heavy atom. The summed E-state index contributed by atoms with van der Waals surface area (Å²) in [7, 11) is 3.10. The number of piperidine rings is 3. The van der Waals surface area contributed by atoms with E-state index in [0.29, 0.717) is 49.9 Å². The molecule has 1 aromatic heterocycles. The smallest absolute Gasteiger partial charge is 0.338 e. The number of benzene rings is 4. The molecule has 0 amide bonds. The molecular formula is C45H44Cl2N2O7. The summed E-state index contributed by atoms with van der Waals surface area (Å²) in [6.07, 6.45) is 4.79. The maximum absolute atomic E-state index is 13.8. The lowest BCUT2D eigenvalue weighted by Gasteiger charge is -2.44. The van der Waals surface area contributed by atoms with Crippen LogP contribution in [0.1, 0.15) is 69.5 Å². The second-order valence-electron chi connectivity index (χ2n) is 14.2. The SMILES string of the molecule is COc1ccc(C(Cc2c(Cl)cncc2Cl)OC(=O)c2cccc(COc3cccc(C(CC(=O)O[C@H]4CN5CCC4CC5)c4ccccc4)c3)c2)cc1OC. The summed E-state index contributed by atoms with van der Waals surface area (Å²) >= 11 is 13.0. The third-order valence-corrected chi connectivity index (χ3v) is 11.3. The number of hydrogen-bond acceptors (Lipinski definition) is 9. The summed E-state index contributed by atoms with van der Waals surface area (Å²) in [4.78, 5) is 33.6. The molecule has 3 saturated heterocycles. The third-order valence-electron chi connectivity index (χ3n) is 10.7. The molecule has 0 aliphatic carbocycles. The number of methoxy groups -OCH3 is 2. The predicted molar refractivity (Wildman–Crippen MR) is 215 cm³/mol. The molecule has 4 heterocycles. The molecule has 0 radical (unpaired) electrons. The minimum Gasteiger partial charge on any atom is -0.493 e. The molecule has 3 fully saturated rings. The first-order valence-electron chi connectivity index (χ1n) is 18.8. The predicted octanol–water partition coefficient (Wildman–Crippen LogP) is 9.28. The third kappa shape index (κ3) is 9.46. The minimum absolute atomic E-state index is 0.0422. The van der Waals surface area contributed by atoms with Crippen LogP contribution in [0.5, 0.6) is 17.2 Å². The maximum atomic E-state index is 13.8. The number of carbonyl (C=O) groups is 2. The van der Waals surface area contributed by atoms with Gasteiger partial charge in [-0.3, -0.25) is 14.7 Å². The molecule has 3 atom stereocenters. The zero-order chi connectivity index (χ0) is 39.0. The first-order valence-corrected chi connectivity index (χ1v) is 19.5. The number of fused-ring (bicyclic) bond motifs is 3. The highest BCUT2D eigenvalue weighted by molar-refractivity contribution is 6.35. The fourth-order valence-electron chi connectivity index (χ4n) is 7.61. The number of aromatic nitrogens is 1. The standard InChI is InChI=1S/C45H44Cl2N2O7/c1-52-40-15-14-33(22-42(40)53-2)41(23-37-38(46)25-48-26-39(37)47)56-45(51)34-12-6-8-29(20-34)28-54-35-13-7-11-32(21-35)36(30-9-4-3-5-10-30)24-44(50)55-43-27-49-18-16-31(43)17-19-49/h3-15,20-22,25-26,31,36,41,43H,16-19,23-24,27-28H2,1-2H3/t36?,41?,43-/m0/s1. The van der Waals surface area contributed by atoms with Crippen molar-refractivity contribution >= 4 is 35.1 Å². The van der Waals surface area contributed by atoms with Gasteiger partial charge in [0, 0.05) is 31.3 Å². The van der Waals surface area contributed by atoms with Crippen LogP contribution in [0, 0.1) is 5.92 Å². The van der Waals surface area contributed by atoms with Crippen LogP contribution in [0.25, 0.3) is 0 Å². The average Bonchev–Trinajstić information content (AvgIpc) is 3.23. The van der Waals surface area contributed by atoms with Crippen molar-refractivity contribution < 1.29 is 33.3 Å². The molecule has 2 bridgehead atoms. The molecular weight excluding hydrogens is 751 g/mol. The Bertz CT molecular complexity index is 2120. The second kappa shape index (κ2) is 18.2. The lowest BCUT2D eigenvalue weighted by atomic mass is 9.85. The lowest BCUT2D eigenvalue weighted by molar-refractivity contribution is -0.159. The molecule has 0 N–H and O–H groups in total. The molecule has 8 rings (SSSR count). The first kappa shape index (κ1) is 39.2. The van der Waals surface area contributed by atoms with E-state index in [0.717, 1.165) is 49.2 Å². The van der Waals surface area contributed by atoms with Crippen LogP contribution in [0.15, 0.2) is 109 Å². The normalized spacial score (nSPS) is 18.4. The van der Waals surface area contributed by atoms with Crippen LogP contribution in [-0.2, 0) is 27.3 Å². The number of esters is 2. The maximum Gasteiger partial charge on any atom is 0.338 e. The van der Waals surface area contributed by atoms with E-state index in [9.17, 15) is 9.59 Å². The van der Waals surface area contributed by atoms with E-state index >= 15 is 0 Å². The molecule has 3 aliphatic rings. The number of carbonyl (C=O) groups excluding carboxylic acids is 2. The summed E-state index contributed by atoms with van der Waals surface area (Å²) in [5.41, 5.74) is 4.37. The fourth-order valence-corrected chi connectivity index (χ4v) is 8.13. The highest BCUT2D eigenvalue weighted by Crippen LogP contribution is 2.37. The van der Waals surface area contributed by atoms with Crippen molar-refractivity contribution in [1.82, 2.24) is 9.88 Å². The van der Waals surface area contributed by atoms with E-state index in [-0.39, 0.29) is 37.4 Å². The quantitative estimate of drug-likeness (QED) is 0.0962. The zero-order valence-corrected chi connectivity index (χ0v) is 32.9. The largest absolute Gasteiger partial charge is 0.493 e. The molecule has 11 heteroatoms. The van der Waals surface area contributed by atoms with Gasteiger partial charge in [-0.15, -0.1) is 0 Å². The summed E-state index contributed by atoms with van der Waals surface area (Å²) in [5.74, 6) is 1.18. The zero-order valence-electron chi connectivity index (χ0n) is 31.4. The van der Waals surface area contributed by atoms with Crippen molar-refractivity contribution in [2.75, 3.05) is 33.9 Å². The average molecular weight is 796 g/mol. The van der Waals surface area contributed by atoms with Crippen molar-refractivity contribution in [1.29, 1.82) is 0 Å². The van der Waals surface area contributed by atoms with Crippen LogP contribution < -0.4 is 14.2 Å². The van der Waals surface area contributed by atoms with Gasteiger partial charge >= 0.3 is 11.9 Å². The van der Waals surface area contributed by atoms with Gasteiger partial charge in [0.15, 0.2) is 11.5 Å². The summed E-state index contributed by atoms with van der Waals surface area (Å²) in [6.45, 7) is 3.20. The van der Waals surface area contributed by atoms with Gasteiger partial charge in [-0.05, 0) is 96.1 Å². The van der Waals surface area contributed by atoms with Gasteiger partial charge < -0.3 is 23.7 Å². The molecule has 0 saturated carbocycles. The highest BCUT2D eigenvalue weighted by atomic mass is 35.5. The van der Waals surface area contributed by atoms with E-state index in [2.05, 4.69) is 9.88 Å². The molecule has 5 aromatic rings. The molecule has 2 unspecified atom stereocenters. The number of rotatable bonds is 15. The van der Waals surface area contributed by atoms with Crippen molar-refractivity contribution in [3.63, 3.8) is 0 Å². The molecule has 290 valence electrons. The van der Waals surface area contributed by atoms with E-state index < -0.39 is 12.1 Å². The van der Waals surface area contributed by atoms with Crippen LogP contribution in [0.2, 0.25) is 10.0 Å². The Balaban J connectivity index is 1.05. The van der Waals surface area contributed by atoms with E-state index in [1.54, 1.807) is 44.6 Å². The number of nitrogens with zero attached hydrogens (tertiary/aromatic N) is 2. The van der Waals surface area contributed by atoms with E-state index in [1.165, 1.54) is 12.4 Å². The van der Waals surface area contributed by atoms with Gasteiger partial charge in [-0.25, -0.2) is 4.79 Å². The molecule has 3 aliphatic heterocycles. The van der Waals surface area contributed by atoms with Gasteiger partial charge in [0.1, 0.15) is 24.6 Å². The lowest BCUT2D eigenvalue weighted by Crippen LogP contribution is -2.52. The van der Waals surface area contributed by atoms with Crippen LogP contribution in [0.3, 0.4) is 0 Å². The Kier molecular flexibility index (Phi) is 12.8. The number of halogens is 2. The van der Waals surface area contributed by atoms with Crippen molar-refractivity contribution in [2.24, 2.45) is 5.92 Å². The first-order chi connectivity index (χ1) is 27.3. The van der Waals surface area contributed by atoms with Gasteiger partial charge in [0.2, 0.25) is 0 Å². The minimum atomic E-state index is -0.771. The van der Waals surface area contributed by atoms with E-state index in [4.69, 9.17) is 46.9 Å². The summed E-state index contributed by atoms with van der Waals surface area (Å²) in [6, 6.07) is 30.3. The molecule has 56 heavy (non-hydrogen) atoms. The Morgan fingerprint density at radius 3 is 2.25 bits per heavy atom.